The molecule has 2 aliphatic heterocycles. The van der Waals surface area contributed by atoms with E-state index in [9.17, 15) is 4.79 Å². The Balaban J connectivity index is 1.08. The fourth-order valence-corrected chi connectivity index (χ4v) is 5.50. The molecule has 2 aromatic heterocycles. The number of hydrogen-bond acceptors (Lipinski definition) is 4. The van der Waals surface area contributed by atoms with Gasteiger partial charge in [-0.2, -0.15) is 0 Å². The van der Waals surface area contributed by atoms with Gasteiger partial charge in [-0.25, -0.2) is 4.98 Å². The number of benzene rings is 2. The van der Waals surface area contributed by atoms with Crippen molar-refractivity contribution in [1.82, 2.24) is 19.2 Å². The summed E-state index contributed by atoms with van der Waals surface area (Å²) in [7, 11) is 0. The molecule has 6 heteroatoms. The molecule has 4 heterocycles. The smallest absolute Gasteiger partial charge is 0.225 e. The summed E-state index contributed by atoms with van der Waals surface area (Å²) in [5, 5.41) is 0. The highest BCUT2D eigenvalue weighted by Crippen LogP contribution is 2.29. The molecule has 34 heavy (non-hydrogen) atoms. The van der Waals surface area contributed by atoms with Gasteiger partial charge in [0.25, 0.3) is 0 Å². The van der Waals surface area contributed by atoms with Gasteiger partial charge in [-0.05, 0) is 42.7 Å². The van der Waals surface area contributed by atoms with E-state index in [1.807, 2.05) is 6.07 Å². The molecule has 0 aliphatic carbocycles. The van der Waals surface area contributed by atoms with Crippen LogP contribution in [0.2, 0.25) is 0 Å². The summed E-state index contributed by atoms with van der Waals surface area (Å²) in [6, 6.07) is 23.1. The van der Waals surface area contributed by atoms with Crippen molar-refractivity contribution in [3.8, 4) is 0 Å². The summed E-state index contributed by atoms with van der Waals surface area (Å²) in [4.78, 5) is 25.2. The maximum absolute atomic E-state index is 13.3. The second-order valence-corrected chi connectivity index (χ2v) is 9.54. The van der Waals surface area contributed by atoms with Crippen molar-refractivity contribution in [2.45, 2.75) is 19.4 Å². The first-order valence-electron chi connectivity index (χ1n) is 12.4. The standard InChI is InChI=1S/C28H31N5O/c34-28(32-19-17-30(18-20-32)21-22-7-2-1-3-8-22)23-12-15-31(16-13-23)27-26-11-6-14-33(26)25-10-5-4-9-24(25)29-27/h1-11,14,23H,12-13,15-21H2. The SMILES string of the molecule is O=C(C1CCN(c2nc3ccccc3n3cccc23)CC1)N1CCN(Cc2ccccc2)CC1. The average molecular weight is 454 g/mol. The highest BCUT2D eigenvalue weighted by molar-refractivity contribution is 5.85. The summed E-state index contributed by atoms with van der Waals surface area (Å²) >= 11 is 0. The molecule has 0 radical (unpaired) electrons. The van der Waals surface area contributed by atoms with Crippen LogP contribution in [0.4, 0.5) is 5.82 Å². The molecule has 2 saturated heterocycles. The van der Waals surface area contributed by atoms with E-state index in [0.717, 1.165) is 81.0 Å². The number of amides is 1. The van der Waals surface area contributed by atoms with Gasteiger partial charge in [-0.3, -0.25) is 9.69 Å². The lowest BCUT2D eigenvalue weighted by molar-refractivity contribution is -0.138. The van der Waals surface area contributed by atoms with Crippen LogP contribution in [0.3, 0.4) is 0 Å². The van der Waals surface area contributed by atoms with E-state index in [-0.39, 0.29) is 5.92 Å². The number of piperidine rings is 1. The topological polar surface area (TPSA) is 44.1 Å². The molecule has 0 N–H and O–H groups in total. The molecule has 0 unspecified atom stereocenters. The first-order valence-corrected chi connectivity index (χ1v) is 12.4. The predicted octanol–water partition coefficient (Wildman–Crippen LogP) is 4.05. The van der Waals surface area contributed by atoms with Gasteiger partial charge in [0.2, 0.25) is 5.91 Å². The molecule has 4 aromatic rings. The minimum absolute atomic E-state index is 0.125. The molecule has 2 aliphatic rings. The molecule has 2 fully saturated rings. The van der Waals surface area contributed by atoms with Gasteiger partial charge in [0.1, 0.15) is 0 Å². The third-order valence-corrected chi connectivity index (χ3v) is 7.42. The van der Waals surface area contributed by atoms with Crippen LogP contribution >= 0.6 is 0 Å². The number of carbonyl (C=O) groups excluding carboxylic acids is 1. The lowest BCUT2D eigenvalue weighted by Crippen LogP contribution is -2.51. The lowest BCUT2D eigenvalue weighted by atomic mass is 9.95. The minimum Gasteiger partial charge on any atom is -0.355 e. The van der Waals surface area contributed by atoms with E-state index in [2.05, 4.69) is 86.0 Å². The van der Waals surface area contributed by atoms with Crippen molar-refractivity contribution in [1.29, 1.82) is 0 Å². The van der Waals surface area contributed by atoms with Gasteiger partial charge in [-0.1, -0.05) is 42.5 Å². The third-order valence-electron chi connectivity index (χ3n) is 7.42. The number of para-hydroxylation sites is 2. The molecule has 0 spiro atoms. The van der Waals surface area contributed by atoms with Crippen LogP contribution in [-0.2, 0) is 11.3 Å². The van der Waals surface area contributed by atoms with Crippen molar-refractivity contribution >= 4 is 28.3 Å². The fourth-order valence-electron chi connectivity index (χ4n) is 5.50. The molecule has 174 valence electrons. The highest BCUT2D eigenvalue weighted by Gasteiger charge is 2.31. The maximum Gasteiger partial charge on any atom is 0.225 e. The van der Waals surface area contributed by atoms with Gasteiger partial charge in [-0.15, -0.1) is 0 Å². The predicted molar refractivity (Wildman–Crippen MR) is 136 cm³/mol. The van der Waals surface area contributed by atoms with E-state index in [0.29, 0.717) is 5.91 Å². The van der Waals surface area contributed by atoms with Crippen LogP contribution in [-0.4, -0.2) is 64.4 Å². The summed E-state index contributed by atoms with van der Waals surface area (Å²) in [5.41, 5.74) is 4.61. The lowest BCUT2D eigenvalue weighted by Gasteiger charge is -2.39. The Hall–Kier alpha value is -3.38. The Labute approximate surface area is 200 Å². The van der Waals surface area contributed by atoms with E-state index < -0.39 is 0 Å². The Morgan fingerprint density at radius 2 is 1.50 bits per heavy atom. The summed E-state index contributed by atoms with van der Waals surface area (Å²) in [6.07, 6.45) is 3.89. The van der Waals surface area contributed by atoms with E-state index >= 15 is 0 Å². The molecule has 6 rings (SSSR count). The van der Waals surface area contributed by atoms with Crippen molar-refractivity contribution in [3.63, 3.8) is 0 Å². The number of hydrogen-bond donors (Lipinski definition) is 0. The molecular formula is C28H31N5O. The second-order valence-electron chi connectivity index (χ2n) is 9.54. The van der Waals surface area contributed by atoms with Gasteiger partial charge < -0.3 is 14.2 Å². The number of carbonyl (C=O) groups is 1. The molecule has 1 amide bonds. The van der Waals surface area contributed by atoms with Crippen molar-refractivity contribution < 1.29 is 4.79 Å². The van der Waals surface area contributed by atoms with Crippen LogP contribution in [0.25, 0.3) is 16.6 Å². The van der Waals surface area contributed by atoms with Crippen LogP contribution in [0.1, 0.15) is 18.4 Å². The normalized spacial score (nSPS) is 18.1. The number of piperazine rings is 1. The van der Waals surface area contributed by atoms with E-state index in [1.54, 1.807) is 0 Å². The average Bonchev–Trinajstić information content (AvgIpc) is 3.40. The van der Waals surface area contributed by atoms with Crippen LogP contribution < -0.4 is 4.90 Å². The van der Waals surface area contributed by atoms with Crippen molar-refractivity contribution in [3.05, 3.63) is 78.5 Å². The Bertz CT molecular complexity index is 1280. The molecule has 6 nitrogen and oxygen atoms in total. The van der Waals surface area contributed by atoms with Crippen LogP contribution in [0.5, 0.6) is 0 Å². The monoisotopic (exact) mass is 453 g/mol. The van der Waals surface area contributed by atoms with E-state index in [4.69, 9.17) is 4.98 Å². The summed E-state index contributed by atoms with van der Waals surface area (Å²) in [5.74, 6) is 1.50. The van der Waals surface area contributed by atoms with Crippen LogP contribution in [0.15, 0.2) is 72.9 Å². The quantitative estimate of drug-likeness (QED) is 0.468. The first kappa shape index (κ1) is 21.2. The zero-order valence-corrected chi connectivity index (χ0v) is 19.5. The maximum atomic E-state index is 13.3. The summed E-state index contributed by atoms with van der Waals surface area (Å²) < 4.78 is 2.23. The molecule has 2 aromatic carbocycles. The molecule has 0 bridgehead atoms. The highest BCUT2D eigenvalue weighted by atomic mass is 16.2. The van der Waals surface area contributed by atoms with Crippen molar-refractivity contribution in [2.24, 2.45) is 5.92 Å². The van der Waals surface area contributed by atoms with E-state index in [1.165, 1.54) is 5.56 Å². The number of nitrogens with zero attached hydrogens (tertiary/aromatic N) is 5. The number of anilines is 1. The van der Waals surface area contributed by atoms with Crippen molar-refractivity contribution in [2.75, 3.05) is 44.2 Å². The number of fused-ring (bicyclic) bond motifs is 3. The zero-order valence-electron chi connectivity index (χ0n) is 19.5. The molecule has 0 atom stereocenters. The first-order chi connectivity index (χ1) is 16.8. The molecule has 0 saturated carbocycles. The fraction of sp³-hybridized carbons (Fsp3) is 0.357. The van der Waals surface area contributed by atoms with Gasteiger partial charge in [0, 0.05) is 57.9 Å². The van der Waals surface area contributed by atoms with Gasteiger partial charge >= 0.3 is 0 Å². The Morgan fingerprint density at radius 3 is 2.29 bits per heavy atom. The zero-order chi connectivity index (χ0) is 22.9. The number of aromatic nitrogens is 2. The minimum atomic E-state index is 0.125. The van der Waals surface area contributed by atoms with Gasteiger partial charge in [0.15, 0.2) is 5.82 Å². The Morgan fingerprint density at radius 1 is 0.794 bits per heavy atom. The Kier molecular flexibility index (Phi) is 5.67. The molecular weight excluding hydrogens is 422 g/mol. The third kappa shape index (κ3) is 4.03. The number of rotatable bonds is 4. The van der Waals surface area contributed by atoms with Crippen LogP contribution in [0, 0.1) is 5.92 Å². The largest absolute Gasteiger partial charge is 0.355 e. The second kappa shape index (κ2) is 9.11. The van der Waals surface area contributed by atoms with Gasteiger partial charge in [0.05, 0.1) is 16.6 Å². The summed E-state index contributed by atoms with van der Waals surface area (Å²) in [6.45, 7) is 6.28.